The normalized spacial score (nSPS) is 22.2. The van der Waals surface area contributed by atoms with Gasteiger partial charge in [-0.3, -0.25) is 0 Å². The van der Waals surface area contributed by atoms with Crippen molar-refractivity contribution in [3.8, 4) is 11.5 Å². The first-order valence-electron chi connectivity index (χ1n) is 13.7. The third-order valence-electron chi connectivity index (χ3n) is 9.16. The molecule has 0 fully saturated rings. The number of aliphatic hydroxyl groups excluding tert-OH is 2. The molecule has 3 aromatic rings. The first-order chi connectivity index (χ1) is 18.9. The molecule has 2 unspecified atom stereocenters. The summed E-state index contributed by atoms with van der Waals surface area (Å²) in [6.07, 6.45) is 13.3. The van der Waals surface area contributed by atoms with Crippen LogP contribution in [0.25, 0.3) is 0 Å². The summed E-state index contributed by atoms with van der Waals surface area (Å²) in [6.45, 7) is 9.02. The predicted octanol–water partition coefficient (Wildman–Crippen LogP) is 9.11. The molecule has 0 amide bonds. The largest absolute Gasteiger partial charge is 0.508 e. The van der Waals surface area contributed by atoms with Gasteiger partial charge in [-0.2, -0.15) is 0 Å². The molecule has 5 rings (SSSR count). The molecule has 4 heteroatoms. The van der Waals surface area contributed by atoms with Crippen molar-refractivity contribution in [2.45, 2.75) is 46.5 Å². The minimum Gasteiger partial charge on any atom is -0.508 e. The van der Waals surface area contributed by atoms with Gasteiger partial charge < -0.3 is 20.4 Å². The number of phenols is 2. The Morgan fingerprint density at radius 1 is 0.575 bits per heavy atom. The van der Waals surface area contributed by atoms with Crippen LogP contribution in [-0.4, -0.2) is 20.4 Å². The van der Waals surface area contributed by atoms with E-state index in [-0.39, 0.29) is 33.7 Å². The quantitative estimate of drug-likeness (QED) is 0.245. The molecule has 0 radical (unpaired) electrons. The summed E-state index contributed by atoms with van der Waals surface area (Å²) in [6, 6.07) is 24.7. The summed E-state index contributed by atoms with van der Waals surface area (Å²) < 4.78 is 0. The second kappa shape index (κ2) is 11.5. The zero-order chi connectivity index (χ0) is 29.0. The lowest BCUT2D eigenvalue weighted by Crippen LogP contribution is -2.46. The SMILES string of the molecule is CC1(C(C)(C)C2(C)C=CC(O)=CC2)C=CC(O)=CC1.Oc1ccc(C(c2ccccc2)c2ccc(O)cc2)cc1. The van der Waals surface area contributed by atoms with Gasteiger partial charge in [0.2, 0.25) is 0 Å². The Morgan fingerprint density at radius 3 is 1.30 bits per heavy atom. The van der Waals surface area contributed by atoms with Crippen LogP contribution in [0.2, 0.25) is 0 Å². The number of allylic oxidation sites excluding steroid dienone is 6. The zero-order valence-corrected chi connectivity index (χ0v) is 23.8. The maximum Gasteiger partial charge on any atom is 0.115 e. The molecule has 3 aromatic carbocycles. The summed E-state index contributed by atoms with van der Waals surface area (Å²) in [5, 5.41) is 38.0. The molecule has 0 saturated heterocycles. The summed E-state index contributed by atoms with van der Waals surface area (Å²) in [5.74, 6) is 1.31. The van der Waals surface area contributed by atoms with Crippen LogP contribution in [0.1, 0.15) is 63.1 Å². The topological polar surface area (TPSA) is 80.9 Å². The Bertz CT molecular complexity index is 1320. The third-order valence-corrected chi connectivity index (χ3v) is 9.16. The molecule has 208 valence electrons. The van der Waals surface area contributed by atoms with E-state index in [0.29, 0.717) is 11.5 Å². The number of hydrogen-bond acceptors (Lipinski definition) is 4. The molecule has 0 aliphatic heterocycles. The van der Waals surface area contributed by atoms with Crippen molar-refractivity contribution >= 4 is 0 Å². The fourth-order valence-corrected chi connectivity index (χ4v) is 5.58. The molecule has 0 heterocycles. The van der Waals surface area contributed by atoms with Crippen LogP contribution >= 0.6 is 0 Å². The molecular weight excluding hydrogens is 496 g/mol. The summed E-state index contributed by atoms with van der Waals surface area (Å²) >= 11 is 0. The average Bonchev–Trinajstić information content (AvgIpc) is 2.95. The van der Waals surface area contributed by atoms with Crippen molar-refractivity contribution in [1.82, 2.24) is 0 Å². The molecule has 2 atom stereocenters. The monoisotopic (exact) mass is 536 g/mol. The molecule has 0 aromatic heterocycles. The molecule has 2 aliphatic carbocycles. The Kier molecular flexibility index (Phi) is 8.29. The van der Waals surface area contributed by atoms with Crippen LogP contribution in [-0.2, 0) is 0 Å². The maximum atomic E-state index is 9.53. The molecule has 0 bridgehead atoms. The molecule has 4 N–H and O–H groups in total. The Hall–Kier alpha value is -4.18. The maximum absolute atomic E-state index is 9.53. The van der Waals surface area contributed by atoms with Gasteiger partial charge in [0.25, 0.3) is 0 Å². The van der Waals surface area contributed by atoms with Crippen molar-refractivity contribution < 1.29 is 20.4 Å². The standard InChI is InChI=1S/C19H16O2.C17H24O2/c20-17-10-6-15(7-11-17)19(14-4-2-1-3-5-14)16-8-12-18(21)13-9-16;1-15(2,16(3)9-5-13(18)6-10-16)17(4)11-7-14(19)8-12-17/h1-13,19-21H;5-9,11,18-19H,10,12H2,1-4H3. The van der Waals surface area contributed by atoms with E-state index in [1.54, 1.807) is 36.4 Å². The fraction of sp³-hybridized carbons (Fsp3) is 0.278. The number of benzene rings is 3. The van der Waals surface area contributed by atoms with Crippen molar-refractivity contribution in [2.24, 2.45) is 16.2 Å². The van der Waals surface area contributed by atoms with E-state index in [1.165, 1.54) is 5.56 Å². The number of rotatable bonds is 5. The van der Waals surface area contributed by atoms with Crippen LogP contribution < -0.4 is 0 Å². The summed E-state index contributed by atoms with van der Waals surface area (Å²) in [4.78, 5) is 0. The molecule has 2 aliphatic rings. The van der Waals surface area contributed by atoms with E-state index in [2.05, 4.69) is 52.0 Å². The van der Waals surface area contributed by atoms with E-state index in [1.807, 2.05) is 54.6 Å². The first kappa shape index (κ1) is 28.8. The smallest absolute Gasteiger partial charge is 0.115 e. The highest BCUT2D eigenvalue weighted by molar-refractivity contribution is 5.45. The van der Waals surface area contributed by atoms with Crippen molar-refractivity contribution in [3.63, 3.8) is 0 Å². The third kappa shape index (κ3) is 6.02. The second-order valence-electron chi connectivity index (χ2n) is 11.8. The van der Waals surface area contributed by atoms with Crippen LogP contribution in [0.15, 0.2) is 127 Å². The van der Waals surface area contributed by atoms with E-state index < -0.39 is 0 Å². The number of aromatic hydroxyl groups is 2. The van der Waals surface area contributed by atoms with Gasteiger partial charge in [-0.05, 0) is 94.3 Å². The van der Waals surface area contributed by atoms with Crippen LogP contribution in [0.5, 0.6) is 11.5 Å². The highest BCUT2D eigenvalue weighted by Gasteiger charge is 2.50. The van der Waals surface area contributed by atoms with Gasteiger partial charge in [-0.25, -0.2) is 0 Å². The van der Waals surface area contributed by atoms with Gasteiger partial charge in [0.05, 0.1) is 0 Å². The lowest BCUT2D eigenvalue weighted by Gasteiger charge is -2.53. The van der Waals surface area contributed by atoms with Gasteiger partial charge in [-0.15, -0.1) is 0 Å². The Balaban J connectivity index is 0.000000186. The van der Waals surface area contributed by atoms with E-state index >= 15 is 0 Å². The van der Waals surface area contributed by atoms with Gasteiger partial charge in [0.15, 0.2) is 0 Å². The van der Waals surface area contributed by atoms with Gasteiger partial charge in [0, 0.05) is 5.92 Å². The first-order valence-corrected chi connectivity index (χ1v) is 13.7. The highest BCUT2D eigenvalue weighted by Crippen LogP contribution is 2.58. The average molecular weight is 537 g/mol. The number of hydrogen-bond donors (Lipinski definition) is 4. The summed E-state index contributed by atoms with van der Waals surface area (Å²) in [5.41, 5.74) is 3.35. The lowest BCUT2D eigenvalue weighted by molar-refractivity contribution is 0.0212. The van der Waals surface area contributed by atoms with Crippen LogP contribution in [0.4, 0.5) is 0 Å². The number of phenolic OH excluding ortho intramolecular Hbond substituents is 2. The van der Waals surface area contributed by atoms with Crippen molar-refractivity contribution in [2.75, 3.05) is 0 Å². The lowest BCUT2D eigenvalue weighted by atomic mass is 9.50. The van der Waals surface area contributed by atoms with Crippen LogP contribution in [0, 0.1) is 16.2 Å². The summed E-state index contributed by atoms with van der Waals surface area (Å²) in [7, 11) is 0. The minimum absolute atomic E-state index is 0.00139. The number of aliphatic hydroxyl groups is 2. The Labute approximate surface area is 238 Å². The molecule has 4 nitrogen and oxygen atoms in total. The van der Waals surface area contributed by atoms with E-state index in [9.17, 15) is 20.4 Å². The van der Waals surface area contributed by atoms with Crippen molar-refractivity contribution in [3.05, 3.63) is 144 Å². The van der Waals surface area contributed by atoms with Crippen LogP contribution in [0.3, 0.4) is 0 Å². The highest BCUT2D eigenvalue weighted by atomic mass is 16.3. The van der Waals surface area contributed by atoms with Gasteiger partial charge >= 0.3 is 0 Å². The second-order valence-corrected chi connectivity index (χ2v) is 11.8. The predicted molar refractivity (Wildman–Crippen MR) is 163 cm³/mol. The molecule has 0 spiro atoms. The molecular formula is C36H40O4. The van der Waals surface area contributed by atoms with E-state index in [4.69, 9.17) is 0 Å². The van der Waals surface area contributed by atoms with E-state index in [0.717, 1.165) is 24.0 Å². The van der Waals surface area contributed by atoms with Gasteiger partial charge in [-0.1, -0.05) is 94.4 Å². The fourth-order valence-electron chi connectivity index (χ4n) is 5.58. The molecule has 40 heavy (non-hydrogen) atoms. The molecule has 0 saturated carbocycles. The zero-order valence-electron chi connectivity index (χ0n) is 23.8. The minimum atomic E-state index is -0.0148. The van der Waals surface area contributed by atoms with Gasteiger partial charge in [0.1, 0.15) is 23.0 Å². The van der Waals surface area contributed by atoms with Crippen molar-refractivity contribution in [1.29, 1.82) is 0 Å². The Morgan fingerprint density at radius 2 is 0.950 bits per heavy atom.